The van der Waals surface area contributed by atoms with Crippen LogP contribution in [0, 0.1) is 17.2 Å². The highest BCUT2D eigenvalue weighted by Crippen LogP contribution is 2.23. The Kier molecular flexibility index (Phi) is 5.60. The molecule has 0 spiro atoms. The van der Waals surface area contributed by atoms with E-state index in [9.17, 15) is 9.59 Å². The third kappa shape index (κ3) is 4.56. The number of hydrogen-bond donors (Lipinski definition) is 0. The van der Waals surface area contributed by atoms with E-state index in [4.69, 9.17) is 5.26 Å². The summed E-state index contributed by atoms with van der Waals surface area (Å²) in [5, 5.41) is 16.6. The number of anilines is 1. The smallest absolute Gasteiger partial charge is 0.163 e. The monoisotopic (exact) mass is 362 g/mol. The van der Waals surface area contributed by atoms with Crippen LogP contribution in [0.2, 0.25) is 0 Å². The predicted octanol–water partition coefficient (Wildman–Crippen LogP) is 2.68. The molecule has 1 fully saturated rings. The van der Waals surface area contributed by atoms with Gasteiger partial charge in [0.25, 0.3) is 0 Å². The zero-order chi connectivity index (χ0) is 19.4. The quantitative estimate of drug-likeness (QED) is 0.785. The van der Waals surface area contributed by atoms with Gasteiger partial charge >= 0.3 is 0 Å². The number of Topliss-reactive ketones (excluding diaryl/α,β-unsaturated/α-hetero) is 2. The van der Waals surface area contributed by atoms with Crippen LogP contribution >= 0.6 is 0 Å². The van der Waals surface area contributed by atoms with Gasteiger partial charge in [-0.05, 0) is 29.2 Å². The Bertz CT molecular complexity index is 867. The van der Waals surface area contributed by atoms with Crippen LogP contribution in [-0.2, 0) is 16.0 Å². The zero-order valence-electron chi connectivity index (χ0n) is 15.6. The standard InChI is InChI=1S/C21H22N4O2/c1-14(2)16-5-3-15(4-6-16)9-19(26)10-17-12-25(13-20(17)27)21-8-7-18(11-22)23-24-21/h3-8,14,17H,9-10,12-13H2,1-2H3. The maximum Gasteiger partial charge on any atom is 0.163 e. The molecule has 1 atom stereocenters. The summed E-state index contributed by atoms with van der Waals surface area (Å²) >= 11 is 0. The average molecular weight is 362 g/mol. The predicted molar refractivity (Wildman–Crippen MR) is 101 cm³/mol. The summed E-state index contributed by atoms with van der Waals surface area (Å²) in [6.07, 6.45) is 0.587. The van der Waals surface area contributed by atoms with Gasteiger partial charge in [0.2, 0.25) is 0 Å². The SMILES string of the molecule is CC(C)c1ccc(CC(=O)CC2CN(c3ccc(C#N)nn3)CC2=O)cc1. The minimum Gasteiger partial charge on any atom is -0.347 e. The lowest BCUT2D eigenvalue weighted by Crippen LogP contribution is -2.22. The molecule has 0 amide bonds. The number of ketones is 2. The molecule has 1 aliphatic heterocycles. The zero-order valence-corrected chi connectivity index (χ0v) is 15.6. The molecule has 1 aromatic heterocycles. The molecule has 1 unspecified atom stereocenters. The lowest BCUT2D eigenvalue weighted by Gasteiger charge is -2.15. The Morgan fingerprint density at radius 3 is 2.56 bits per heavy atom. The number of nitriles is 1. The van der Waals surface area contributed by atoms with Gasteiger partial charge in [0.05, 0.1) is 6.54 Å². The molecule has 0 aliphatic carbocycles. The van der Waals surface area contributed by atoms with E-state index in [1.807, 2.05) is 23.1 Å². The Balaban J connectivity index is 1.57. The molecule has 3 rings (SSSR count). The van der Waals surface area contributed by atoms with Crippen molar-refractivity contribution in [2.75, 3.05) is 18.0 Å². The average Bonchev–Trinajstić information content (AvgIpc) is 3.02. The first-order valence-corrected chi connectivity index (χ1v) is 9.08. The fourth-order valence-electron chi connectivity index (χ4n) is 3.25. The van der Waals surface area contributed by atoms with Crippen LogP contribution in [0.5, 0.6) is 0 Å². The fraction of sp³-hybridized carbons (Fsp3) is 0.381. The first kappa shape index (κ1) is 18.7. The van der Waals surface area contributed by atoms with Crippen LogP contribution in [0.15, 0.2) is 36.4 Å². The van der Waals surface area contributed by atoms with E-state index < -0.39 is 0 Å². The van der Waals surface area contributed by atoms with Gasteiger partial charge in [0.1, 0.15) is 11.9 Å². The van der Waals surface area contributed by atoms with Gasteiger partial charge < -0.3 is 4.90 Å². The maximum absolute atomic E-state index is 12.4. The summed E-state index contributed by atoms with van der Waals surface area (Å²) in [4.78, 5) is 26.5. The third-order valence-electron chi connectivity index (χ3n) is 4.85. The molecular weight excluding hydrogens is 340 g/mol. The van der Waals surface area contributed by atoms with Crippen LogP contribution in [0.4, 0.5) is 5.82 Å². The summed E-state index contributed by atoms with van der Waals surface area (Å²) in [5.41, 5.74) is 2.46. The lowest BCUT2D eigenvalue weighted by atomic mass is 9.95. The Morgan fingerprint density at radius 1 is 1.22 bits per heavy atom. The molecule has 6 nitrogen and oxygen atoms in total. The molecule has 2 heterocycles. The molecule has 0 radical (unpaired) electrons. The number of rotatable bonds is 6. The van der Waals surface area contributed by atoms with Gasteiger partial charge in [0, 0.05) is 25.3 Å². The van der Waals surface area contributed by atoms with E-state index >= 15 is 0 Å². The van der Waals surface area contributed by atoms with Gasteiger partial charge in [-0.3, -0.25) is 9.59 Å². The largest absolute Gasteiger partial charge is 0.347 e. The van der Waals surface area contributed by atoms with Crippen LogP contribution in [0.1, 0.15) is 43.0 Å². The highest BCUT2D eigenvalue weighted by Gasteiger charge is 2.33. The number of carbonyl (C=O) groups excluding carboxylic acids is 2. The van der Waals surface area contributed by atoms with Crippen molar-refractivity contribution in [3.05, 3.63) is 53.2 Å². The first-order chi connectivity index (χ1) is 13.0. The Hall–Kier alpha value is -3.07. The van der Waals surface area contributed by atoms with E-state index in [1.54, 1.807) is 12.1 Å². The van der Waals surface area contributed by atoms with E-state index in [-0.39, 0.29) is 36.1 Å². The third-order valence-corrected chi connectivity index (χ3v) is 4.85. The second-order valence-corrected chi connectivity index (χ2v) is 7.25. The van der Waals surface area contributed by atoms with Crippen LogP contribution in [0.3, 0.4) is 0 Å². The Morgan fingerprint density at radius 2 is 1.96 bits per heavy atom. The molecule has 0 saturated carbocycles. The molecule has 6 heteroatoms. The van der Waals surface area contributed by atoms with Crippen molar-refractivity contribution in [2.45, 2.75) is 32.6 Å². The van der Waals surface area contributed by atoms with Gasteiger partial charge in [-0.25, -0.2) is 0 Å². The van der Waals surface area contributed by atoms with Crippen molar-refractivity contribution in [2.24, 2.45) is 5.92 Å². The van der Waals surface area contributed by atoms with E-state index in [0.29, 0.717) is 24.7 Å². The maximum atomic E-state index is 12.4. The summed E-state index contributed by atoms with van der Waals surface area (Å²) in [6.45, 7) is 4.95. The molecule has 0 bridgehead atoms. The molecular formula is C21H22N4O2. The number of carbonyl (C=O) groups is 2. The van der Waals surface area contributed by atoms with E-state index in [2.05, 4.69) is 36.2 Å². The van der Waals surface area contributed by atoms with Gasteiger partial charge in [0.15, 0.2) is 17.3 Å². The Labute approximate surface area is 158 Å². The summed E-state index contributed by atoms with van der Waals surface area (Å²) in [7, 11) is 0. The van der Waals surface area contributed by atoms with Crippen molar-refractivity contribution in [3.8, 4) is 6.07 Å². The minimum absolute atomic E-state index is 0.0460. The van der Waals surface area contributed by atoms with Crippen molar-refractivity contribution < 1.29 is 9.59 Å². The van der Waals surface area contributed by atoms with Crippen molar-refractivity contribution in [1.82, 2.24) is 10.2 Å². The van der Waals surface area contributed by atoms with Gasteiger partial charge in [-0.1, -0.05) is 38.1 Å². The number of aromatic nitrogens is 2. The molecule has 27 heavy (non-hydrogen) atoms. The highest BCUT2D eigenvalue weighted by atomic mass is 16.1. The van der Waals surface area contributed by atoms with E-state index in [1.165, 1.54) is 5.56 Å². The van der Waals surface area contributed by atoms with E-state index in [0.717, 1.165) is 5.56 Å². The molecule has 2 aromatic rings. The summed E-state index contributed by atoms with van der Waals surface area (Å²) < 4.78 is 0. The highest BCUT2D eigenvalue weighted by molar-refractivity contribution is 5.93. The van der Waals surface area contributed by atoms with Crippen LogP contribution in [-0.4, -0.2) is 34.9 Å². The van der Waals surface area contributed by atoms with Crippen molar-refractivity contribution in [3.63, 3.8) is 0 Å². The van der Waals surface area contributed by atoms with Crippen LogP contribution in [0.25, 0.3) is 0 Å². The van der Waals surface area contributed by atoms with Crippen LogP contribution < -0.4 is 4.90 Å². The van der Waals surface area contributed by atoms with Gasteiger partial charge in [-0.15, -0.1) is 10.2 Å². The molecule has 1 aromatic carbocycles. The van der Waals surface area contributed by atoms with Crippen molar-refractivity contribution in [1.29, 1.82) is 5.26 Å². The normalized spacial score (nSPS) is 16.6. The molecule has 1 aliphatic rings. The topological polar surface area (TPSA) is 86.9 Å². The molecule has 0 N–H and O–H groups in total. The summed E-state index contributed by atoms with van der Waals surface area (Å²) in [6, 6.07) is 13.3. The minimum atomic E-state index is -0.315. The second kappa shape index (κ2) is 8.09. The van der Waals surface area contributed by atoms with Gasteiger partial charge in [-0.2, -0.15) is 5.26 Å². The molecule has 1 saturated heterocycles. The number of hydrogen-bond acceptors (Lipinski definition) is 6. The fourth-order valence-corrected chi connectivity index (χ4v) is 3.25. The number of benzene rings is 1. The second-order valence-electron chi connectivity index (χ2n) is 7.25. The van der Waals surface area contributed by atoms with Crippen molar-refractivity contribution >= 4 is 17.4 Å². The molecule has 138 valence electrons. The lowest BCUT2D eigenvalue weighted by molar-refractivity contribution is -0.125. The first-order valence-electron chi connectivity index (χ1n) is 9.08. The summed E-state index contributed by atoms with van der Waals surface area (Å²) in [5.74, 6) is 0.816. The number of nitrogens with zero attached hydrogens (tertiary/aromatic N) is 4.